The molecule has 2 N–H and O–H groups in total. The number of hydrogen-bond acceptors (Lipinski definition) is 6. The molecule has 1 saturated heterocycles. The van der Waals surface area contributed by atoms with Gasteiger partial charge in [0.05, 0.1) is 19.5 Å². The summed E-state index contributed by atoms with van der Waals surface area (Å²) >= 11 is 5.91. The fraction of sp³-hybridized carbons (Fsp3) is 0.286. The predicted molar refractivity (Wildman–Crippen MR) is 114 cm³/mol. The maximum absolute atomic E-state index is 12.6. The van der Waals surface area contributed by atoms with Crippen LogP contribution in [0.1, 0.15) is 18.0 Å². The van der Waals surface area contributed by atoms with Gasteiger partial charge in [-0.1, -0.05) is 16.8 Å². The summed E-state index contributed by atoms with van der Waals surface area (Å²) in [5.74, 6) is 1.36. The number of pyridine rings is 1. The lowest BCUT2D eigenvalue weighted by Gasteiger charge is -2.38. The summed E-state index contributed by atoms with van der Waals surface area (Å²) in [5.41, 5.74) is 1.55. The molecule has 3 heterocycles. The van der Waals surface area contributed by atoms with E-state index in [4.69, 9.17) is 20.9 Å². The van der Waals surface area contributed by atoms with Gasteiger partial charge in [-0.3, -0.25) is 4.98 Å². The van der Waals surface area contributed by atoms with Crippen molar-refractivity contribution in [1.29, 1.82) is 0 Å². The molecule has 0 radical (unpaired) electrons. The van der Waals surface area contributed by atoms with Gasteiger partial charge in [-0.25, -0.2) is 4.79 Å². The van der Waals surface area contributed by atoms with Gasteiger partial charge in [0.1, 0.15) is 5.75 Å². The molecule has 30 heavy (non-hydrogen) atoms. The van der Waals surface area contributed by atoms with E-state index in [2.05, 4.69) is 25.7 Å². The number of nitrogens with zero attached hydrogens (tertiary/aromatic N) is 3. The maximum Gasteiger partial charge on any atom is 0.319 e. The zero-order valence-corrected chi connectivity index (χ0v) is 17.2. The molecule has 1 fully saturated rings. The molecule has 3 aromatic rings. The minimum absolute atomic E-state index is 0.0364. The normalized spacial score (nSPS) is 18.7. The van der Waals surface area contributed by atoms with Crippen LogP contribution >= 0.6 is 11.6 Å². The van der Waals surface area contributed by atoms with Gasteiger partial charge in [-0.05, 0) is 42.8 Å². The van der Waals surface area contributed by atoms with E-state index in [1.807, 2.05) is 18.2 Å². The Bertz CT molecular complexity index is 963. The van der Waals surface area contributed by atoms with Crippen molar-refractivity contribution in [2.75, 3.05) is 30.4 Å². The topological polar surface area (TPSA) is 92.5 Å². The molecule has 9 heteroatoms. The van der Waals surface area contributed by atoms with Crippen LogP contribution in [-0.4, -0.2) is 42.4 Å². The van der Waals surface area contributed by atoms with Crippen molar-refractivity contribution in [1.82, 2.24) is 15.5 Å². The Hall–Kier alpha value is -3.26. The molecule has 1 aromatic carbocycles. The van der Waals surface area contributed by atoms with Gasteiger partial charge in [0, 0.05) is 47.5 Å². The van der Waals surface area contributed by atoms with Crippen LogP contribution in [0.4, 0.5) is 16.4 Å². The molecule has 4 rings (SSSR count). The number of hydrogen-bond donors (Lipinski definition) is 2. The predicted octanol–water partition coefficient (Wildman–Crippen LogP) is 3.92. The third-order valence-electron chi connectivity index (χ3n) is 5.14. The minimum Gasteiger partial charge on any atom is -0.495 e. The quantitative estimate of drug-likeness (QED) is 0.641. The van der Waals surface area contributed by atoms with Gasteiger partial charge in [0.15, 0.2) is 0 Å². The second-order valence-electron chi connectivity index (χ2n) is 7.03. The average Bonchev–Trinajstić information content (AvgIpc) is 3.31. The number of anilines is 2. The number of piperidine rings is 1. The van der Waals surface area contributed by atoms with Crippen LogP contribution in [0.3, 0.4) is 0 Å². The molecular weight excluding hydrogens is 406 g/mol. The lowest BCUT2D eigenvalue weighted by Crippen LogP contribution is -2.51. The van der Waals surface area contributed by atoms with E-state index in [0.717, 1.165) is 18.7 Å². The number of nitrogens with one attached hydrogen (secondary N) is 2. The highest BCUT2D eigenvalue weighted by molar-refractivity contribution is 6.30. The van der Waals surface area contributed by atoms with E-state index in [1.165, 1.54) is 0 Å². The van der Waals surface area contributed by atoms with Gasteiger partial charge in [-0.2, -0.15) is 0 Å². The standard InChI is InChI=1S/C21H22ClN5O3/c1-29-16-6-7-18(23-12-16)17-13-27(20-8-10-24-30-20)11-9-19(17)26-21(28)25-15-4-2-14(22)3-5-15/h2-8,10,12,17,19H,9,11,13H2,1H3,(H2,25,26,28). The first-order valence-electron chi connectivity index (χ1n) is 9.61. The number of methoxy groups -OCH3 is 1. The molecule has 156 valence electrons. The zero-order chi connectivity index (χ0) is 20.9. The first-order chi connectivity index (χ1) is 14.6. The lowest BCUT2D eigenvalue weighted by atomic mass is 9.89. The number of benzene rings is 1. The first-order valence-corrected chi connectivity index (χ1v) is 9.99. The summed E-state index contributed by atoms with van der Waals surface area (Å²) < 4.78 is 10.5. The highest BCUT2D eigenvalue weighted by Gasteiger charge is 2.33. The van der Waals surface area contributed by atoms with Crippen LogP contribution in [0.2, 0.25) is 5.02 Å². The van der Waals surface area contributed by atoms with E-state index in [9.17, 15) is 4.79 Å². The van der Waals surface area contributed by atoms with Crippen LogP contribution in [0, 0.1) is 0 Å². The fourth-order valence-corrected chi connectivity index (χ4v) is 3.72. The molecule has 1 aliphatic rings. The Balaban J connectivity index is 1.50. The number of halogens is 1. The molecule has 0 spiro atoms. The summed E-state index contributed by atoms with van der Waals surface area (Å²) in [6, 6.07) is 12.3. The third-order valence-corrected chi connectivity index (χ3v) is 5.39. The molecule has 2 atom stereocenters. The molecule has 2 amide bonds. The SMILES string of the molecule is COc1ccc(C2CN(c3ccno3)CCC2NC(=O)Nc2ccc(Cl)cc2)nc1. The Morgan fingerprint density at radius 3 is 2.73 bits per heavy atom. The number of amides is 2. The smallest absolute Gasteiger partial charge is 0.319 e. The Morgan fingerprint density at radius 2 is 2.07 bits per heavy atom. The van der Waals surface area contributed by atoms with Crippen molar-refractivity contribution in [3.63, 3.8) is 0 Å². The van der Waals surface area contributed by atoms with Crippen molar-refractivity contribution in [2.45, 2.75) is 18.4 Å². The second-order valence-corrected chi connectivity index (χ2v) is 7.46. The van der Waals surface area contributed by atoms with Crippen LogP contribution < -0.4 is 20.3 Å². The fourth-order valence-electron chi connectivity index (χ4n) is 3.60. The highest BCUT2D eigenvalue weighted by Crippen LogP contribution is 2.30. The van der Waals surface area contributed by atoms with E-state index in [0.29, 0.717) is 28.9 Å². The van der Waals surface area contributed by atoms with Gasteiger partial charge < -0.3 is 24.8 Å². The van der Waals surface area contributed by atoms with Gasteiger partial charge in [0.2, 0.25) is 5.88 Å². The van der Waals surface area contributed by atoms with Crippen molar-refractivity contribution >= 4 is 29.2 Å². The minimum atomic E-state index is -0.269. The monoisotopic (exact) mass is 427 g/mol. The number of carbonyl (C=O) groups is 1. The number of aromatic nitrogens is 2. The van der Waals surface area contributed by atoms with Gasteiger partial charge in [-0.15, -0.1) is 0 Å². The van der Waals surface area contributed by atoms with Crippen LogP contribution in [0.25, 0.3) is 0 Å². The Kier molecular flexibility index (Phi) is 6.04. The van der Waals surface area contributed by atoms with Gasteiger partial charge >= 0.3 is 6.03 Å². The van der Waals surface area contributed by atoms with E-state index in [1.54, 1.807) is 43.8 Å². The molecular formula is C21H22ClN5O3. The highest BCUT2D eigenvalue weighted by atomic mass is 35.5. The number of rotatable bonds is 5. The summed E-state index contributed by atoms with van der Waals surface area (Å²) in [4.78, 5) is 19.3. The number of urea groups is 1. The van der Waals surface area contributed by atoms with Crippen molar-refractivity contribution in [2.24, 2.45) is 0 Å². The summed E-state index contributed by atoms with van der Waals surface area (Å²) in [7, 11) is 1.61. The zero-order valence-electron chi connectivity index (χ0n) is 16.4. The largest absolute Gasteiger partial charge is 0.495 e. The lowest BCUT2D eigenvalue weighted by molar-refractivity contribution is 0.242. The van der Waals surface area contributed by atoms with E-state index in [-0.39, 0.29) is 18.0 Å². The van der Waals surface area contributed by atoms with Crippen molar-refractivity contribution in [3.8, 4) is 5.75 Å². The Labute approximate surface area is 179 Å². The number of ether oxygens (including phenoxy) is 1. The van der Waals surface area contributed by atoms with Crippen molar-refractivity contribution < 1.29 is 14.1 Å². The van der Waals surface area contributed by atoms with Gasteiger partial charge in [0.25, 0.3) is 0 Å². The summed E-state index contributed by atoms with van der Waals surface area (Å²) in [6.45, 7) is 1.37. The molecule has 2 aromatic heterocycles. The molecule has 0 aliphatic carbocycles. The van der Waals surface area contributed by atoms with Crippen molar-refractivity contribution in [3.05, 3.63) is 65.6 Å². The summed E-state index contributed by atoms with van der Waals surface area (Å²) in [6.07, 6.45) is 4.04. The molecule has 8 nitrogen and oxygen atoms in total. The second kappa shape index (κ2) is 9.04. The van der Waals surface area contributed by atoms with Crippen LogP contribution in [-0.2, 0) is 0 Å². The average molecular weight is 428 g/mol. The summed E-state index contributed by atoms with van der Waals surface area (Å²) in [5, 5.41) is 10.4. The number of carbonyl (C=O) groups excluding carboxylic acids is 1. The van der Waals surface area contributed by atoms with E-state index < -0.39 is 0 Å². The third kappa shape index (κ3) is 4.65. The molecule has 0 bridgehead atoms. The molecule has 2 unspecified atom stereocenters. The maximum atomic E-state index is 12.6. The first kappa shape index (κ1) is 20.0. The van der Waals surface area contributed by atoms with Crippen LogP contribution in [0.15, 0.2) is 59.4 Å². The van der Waals surface area contributed by atoms with E-state index >= 15 is 0 Å². The van der Waals surface area contributed by atoms with Crippen LogP contribution in [0.5, 0.6) is 5.75 Å². The molecule has 1 aliphatic heterocycles. The molecule has 0 saturated carbocycles. The Morgan fingerprint density at radius 1 is 1.23 bits per heavy atom.